The summed E-state index contributed by atoms with van der Waals surface area (Å²) in [4.78, 5) is 26.7. The van der Waals surface area contributed by atoms with Crippen LogP contribution in [-0.4, -0.2) is 67.0 Å². The summed E-state index contributed by atoms with van der Waals surface area (Å²) in [6.45, 7) is 6.78. The third kappa shape index (κ3) is 5.85. The van der Waals surface area contributed by atoms with E-state index in [-0.39, 0.29) is 12.5 Å². The van der Waals surface area contributed by atoms with Gasteiger partial charge < -0.3 is 11.5 Å². The van der Waals surface area contributed by atoms with E-state index < -0.39 is 6.03 Å². The molecule has 0 aromatic carbocycles. The molecule has 0 saturated carbocycles. The fourth-order valence-corrected chi connectivity index (χ4v) is 2.73. The van der Waals surface area contributed by atoms with E-state index in [1.807, 2.05) is 0 Å². The lowest BCUT2D eigenvalue weighted by atomic mass is 10.1. The second kappa shape index (κ2) is 8.89. The molecule has 1 rings (SSSR count). The number of rotatable bonds is 6. The van der Waals surface area contributed by atoms with Gasteiger partial charge in [-0.2, -0.15) is 0 Å². The summed E-state index contributed by atoms with van der Waals surface area (Å²) >= 11 is 0. The van der Waals surface area contributed by atoms with Gasteiger partial charge in [0.1, 0.15) is 0 Å². The quantitative estimate of drug-likeness (QED) is 0.599. The maximum atomic E-state index is 11.5. The zero-order chi connectivity index (χ0) is 15.0. The Morgan fingerprint density at radius 1 is 1.25 bits per heavy atom. The average Bonchev–Trinajstić information content (AvgIpc) is 2.60. The molecular weight excluding hydrogens is 258 g/mol. The van der Waals surface area contributed by atoms with Crippen molar-refractivity contribution in [2.24, 2.45) is 11.5 Å². The molecular formula is C13H27N5O2. The lowest BCUT2D eigenvalue weighted by molar-refractivity contribution is -0.121. The largest absolute Gasteiger partial charge is 0.351 e. The molecule has 0 aromatic heterocycles. The number of carbonyl (C=O) groups excluding carboxylic acids is 2. The van der Waals surface area contributed by atoms with Crippen LogP contribution in [0.15, 0.2) is 0 Å². The molecule has 1 atom stereocenters. The predicted octanol–water partition coefficient (Wildman–Crippen LogP) is -0.684. The molecule has 7 nitrogen and oxygen atoms in total. The van der Waals surface area contributed by atoms with Crippen LogP contribution in [0, 0.1) is 0 Å². The number of hydrogen-bond acceptors (Lipinski definition) is 5. The van der Waals surface area contributed by atoms with Crippen LogP contribution in [0.1, 0.15) is 26.2 Å². The maximum Gasteiger partial charge on any atom is 0.318 e. The lowest BCUT2D eigenvalue weighted by Gasteiger charge is -2.29. The number of nitrogens with one attached hydrogen (secondary N) is 1. The first-order valence-corrected chi connectivity index (χ1v) is 7.32. The highest BCUT2D eigenvalue weighted by atomic mass is 16.2. The van der Waals surface area contributed by atoms with E-state index in [2.05, 4.69) is 22.0 Å². The van der Waals surface area contributed by atoms with Gasteiger partial charge in [0.25, 0.3) is 0 Å². The molecule has 1 unspecified atom stereocenters. The van der Waals surface area contributed by atoms with E-state index in [9.17, 15) is 9.59 Å². The van der Waals surface area contributed by atoms with Gasteiger partial charge in [0.05, 0.1) is 6.54 Å². The van der Waals surface area contributed by atoms with Crippen LogP contribution in [0.4, 0.5) is 4.79 Å². The molecule has 7 heteroatoms. The van der Waals surface area contributed by atoms with E-state index in [0.717, 1.165) is 45.4 Å². The van der Waals surface area contributed by atoms with Crippen molar-refractivity contribution in [3.8, 4) is 0 Å². The van der Waals surface area contributed by atoms with Crippen molar-refractivity contribution in [2.45, 2.75) is 32.2 Å². The molecule has 20 heavy (non-hydrogen) atoms. The smallest absolute Gasteiger partial charge is 0.318 e. The normalized spacial score (nSPS) is 19.3. The van der Waals surface area contributed by atoms with Gasteiger partial charge in [-0.1, -0.05) is 6.92 Å². The van der Waals surface area contributed by atoms with Crippen molar-refractivity contribution in [3.05, 3.63) is 0 Å². The van der Waals surface area contributed by atoms with Gasteiger partial charge in [-0.3, -0.25) is 19.9 Å². The van der Waals surface area contributed by atoms with Crippen LogP contribution in [0.2, 0.25) is 0 Å². The molecule has 116 valence electrons. The van der Waals surface area contributed by atoms with Crippen LogP contribution < -0.4 is 16.8 Å². The molecule has 0 spiro atoms. The molecule has 0 bridgehead atoms. The maximum absolute atomic E-state index is 11.5. The first kappa shape index (κ1) is 16.9. The fourth-order valence-electron chi connectivity index (χ4n) is 2.73. The van der Waals surface area contributed by atoms with E-state index in [0.29, 0.717) is 12.6 Å². The topological polar surface area (TPSA) is 105 Å². The number of primary amides is 1. The van der Waals surface area contributed by atoms with Crippen molar-refractivity contribution in [2.75, 3.05) is 39.3 Å². The summed E-state index contributed by atoms with van der Waals surface area (Å²) in [5.41, 5.74) is 10.6. The van der Waals surface area contributed by atoms with E-state index in [4.69, 9.17) is 11.5 Å². The monoisotopic (exact) mass is 285 g/mol. The van der Waals surface area contributed by atoms with Crippen molar-refractivity contribution in [1.29, 1.82) is 0 Å². The highest BCUT2D eigenvalue weighted by Crippen LogP contribution is 2.12. The van der Waals surface area contributed by atoms with Gasteiger partial charge in [0, 0.05) is 19.1 Å². The fraction of sp³-hybridized carbons (Fsp3) is 0.846. The average molecular weight is 285 g/mol. The summed E-state index contributed by atoms with van der Waals surface area (Å²) in [5.74, 6) is -0.333. The first-order chi connectivity index (χ1) is 9.56. The molecule has 1 aliphatic heterocycles. The van der Waals surface area contributed by atoms with E-state index in [1.54, 1.807) is 0 Å². The van der Waals surface area contributed by atoms with Gasteiger partial charge in [0.15, 0.2) is 0 Å². The zero-order valence-electron chi connectivity index (χ0n) is 12.3. The predicted molar refractivity (Wildman–Crippen MR) is 78.1 cm³/mol. The molecule has 1 fully saturated rings. The Hall–Kier alpha value is -1.18. The number of nitrogens with two attached hydrogens (primary N) is 2. The van der Waals surface area contributed by atoms with Crippen molar-refractivity contribution < 1.29 is 9.59 Å². The highest BCUT2D eigenvalue weighted by molar-refractivity contribution is 5.94. The van der Waals surface area contributed by atoms with Crippen LogP contribution in [-0.2, 0) is 4.79 Å². The Bertz CT molecular complexity index is 324. The van der Waals surface area contributed by atoms with Crippen LogP contribution in [0.25, 0.3) is 0 Å². The second-order valence-electron chi connectivity index (χ2n) is 5.22. The summed E-state index contributed by atoms with van der Waals surface area (Å²) in [5, 5.41) is 2.10. The van der Waals surface area contributed by atoms with Gasteiger partial charge in [-0.25, -0.2) is 4.79 Å². The summed E-state index contributed by atoms with van der Waals surface area (Å²) in [7, 11) is 0. The molecule has 0 aliphatic carbocycles. The van der Waals surface area contributed by atoms with Crippen molar-refractivity contribution in [1.82, 2.24) is 15.1 Å². The Kier molecular flexibility index (Phi) is 7.50. The molecule has 1 heterocycles. The zero-order valence-corrected chi connectivity index (χ0v) is 12.3. The third-order valence-electron chi connectivity index (χ3n) is 3.74. The van der Waals surface area contributed by atoms with Gasteiger partial charge in [-0.05, 0) is 38.9 Å². The number of amides is 3. The van der Waals surface area contributed by atoms with Gasteiger partial charge >= 0.3 is 6.03 Å². The van der Waals surface area contributed by atoms with Crippen LogP contribution in [0.3, 0.4) is 0 Å². The van der Waals surface area contributed by atoms with Crippen LogP contribution >= 0.6 is 0 Å². The minimum Gasteiger partial charge on any atom is -0.351 e. The minimum absolute atomic E-state index is 0.227. The molecule has 1 saturated heterocycles. The first-order valence-electron chi connectivity index (χ1n) is 7.32. The Balaban J connectivity index is 2.42. The highest BCUT2D eigenvalue weighted by Gasteiger charge is 2.21. The van der Waals surface area contributed by atoms with E-state index in [1.165, 1.54) is 0 Å². The Labute approximate surface area is 120 Å². The SMILES string of the molecule is CCC(CCN)N1CCCN(CC(=O)NC(N)=O)CC1. The molecule has 0 aromatic rings. The Morgan fingerprint density at radius 3 is 2.60 bits per heavy atom. The third-order valence-corrected chi connectivity index (χ3v) is 3.74. The van der Waals surface area contributed by atoms with Gasteiger partial charge in [-0.15, -0.1) is 0 Å². The second-order valence-corrected chi connectivity index (χ2v) is 5.22. The number of nitrogens with zero attached hydrogens (tertiary/aromatic N) is 2. The minimum atomic E-state index is -0.791. The summed E-state index contributed by atoms with van der Waals surface area (Å²) < 4.78 is 0. The lowest BCUT2D eigenvalue weighted by Crippen LogP contribution is -2.44. The van der Waals surface area contributed by atoms with Gasteiger partial charge in [0.2, 0.25) is 5.91 Å². The number of carbonyl (C=O) groups is 2. The summed E-state index contributed by atoms with van der Waals surface area (Å²) in [6, 6.07) is -0.264. The van der Waals surface area contributed by atoms with Crippen molar-refractivity contribution >= 4 is 11.9 Å². The Morgan fingerprint density at radius 2 is 2.00 bits per heavy atom. The summed E-state index contributed by atoms with van der Waals surface area (Å²) in [6.07, 6.45) is 3.13. The number of urea groups is 1. The number of hydrogen-bond donors (Lipinski definition) is 3. The standard InChI is InChI=1S/C13H27N5O2/c1-2-11(4-5-14)18-7-3-6-17(8-9-18)10-12(19)16-13(15)20/h11H,2-10,14H2,1H3,(H3,15,16,19,20). The van der Waals surface area contributed by atoms with Crippen LogP contribution in [0.5, 0.6) is 0 Å². The van der Waals surface area contributed by atoms with E-state index >= 15 is 0 Å². The number of imide groups is 1. The molecule has 3 amide bonds. The van der Waals surface area contributed by atoms with Crippen molar-refractivity contribution in [3.63, 3.8) is 0 Å². The molecule has 5 N–H and O–H groups in total. The molecule has 1 aliphatic rings. The molecule has 0 radical (unpaired) electrons.